The van der Waals surface area contributed by atoms with Crippen LogP contribution in [-0.4, -0.2) is 44.4 Å². The van der Waals surface area contributed by atoms with E-state index in [0.717, 1.165) is 25.0 Å². The van der Waals surface area contributed by atoms with Gasteiger partial charge in [0.05, 0.1) is 11.9 Å². The minimum atomic E-state index is -0.505. The van der Waals surface area contributed by atoms with E-state index in [4.69, 9.17) is 4.74 Å². The van der Waals surface area contributed by atoms with Crippen LogP contribution in [0, 0.1) is 12.8 Å². The quantitative estimate of drug-likeness (QED) is 0.767. The Morgan fingerprint density at radius 2 is 1.80 bits per heavy atom. The van der Waals surface area contributed by atoms with Crippen molar-refractivity contribution in [3.8, 4) is 0 Å². The number of amides is 1. The van der Waals surface area contributed by atoms with Crippen LogP contribution in [0.1, 0.15) is 69.1 Å². The third-order valence-electron chi connectivity index (χ3n) is 4.96. The lowest BCUT2D eigenvalue weighted by Crippen LogP contribution is -2.56. The molecule has 0 radical (unpaired) electrons. The van der Waals surface area contributed by atoms with Crippen LogP contribution in [-0.2, 0) is 4.74 Å². The zero-order chi connectivity index (χ0) is 18.2. The Morgan fingerprint density at radius 1 is 1.16 bits per heavy atom. The summed E-state index contributed by atoms with van der Waals surface area (Å²) in [6, 6.07) is 0.156. The summed E-state index contributed by atoms with van der Waals surface area (Å²) in [6.45, 7) is 7.48. The maximum absolute atomic E-state index is 12.9. The monoisotopic (exact) mass is 345 g/mol. The van der Waals surface area contributed by atoms with Crippen LogP contribution >= 0.6 is 0 Å². The van der Waals surface area contributed by atoms with Gasteiger partial charge < -0.3 is 9.64 Å². The Kier molecular flexibility index (Phi) is 4.80. The number of hydrogen-bond donors (Lipinski definition) is 0. The summed E-state index contributed by atoms with van der Waals surface area (Å²) in [7, 11) is 0. The average Bonchev–Trinajstić information content (AvgIpc) is 2.51. The van der Waals surface area contributed by atoms with E-state index in [1.807, 2.05) is 32.6 Å². The molecule has 2 atom stereocenters. The Labute approximate surface area is 149 Å². The van der Waals surface area contributed by atoms with E-state index in [1.54, 1.807) is 12.4 Å². The van der Waals surface area contributed by atoms with Gasteiger partial charge in [0, 0.05) is 24.2 Å². The number of rotatable bonds is 2. The molecule has 3 heterocycles. The molecule has 25 heavy (non-hydrogen) atoms. The molecular formula is C19H27N3O3. The van der Waals surface area contributed by atoms with Gasteiger partial charge in [-0.05, 0) is 59.8 Å². The first-order valence-electron chi connectivity index (χ1n) is 9.09. The Bertz CT molecular complexity index is 654. The van der Waals surface area contributed by atoms with E-state index >= 15 is 0 Å². The molecule has 136 valence electrons. The van der Waals surface area contributed by atoms with Crippen LogP contribution in [0.5, 0.6) is 0 Å². The Morgan fingerprint density at radius 3 is 2.36 bits per heavy atom. The third kappa shape index (κ3) is 3.99. The van der Waals surface area contributed by atoms with Crippen LogP contribution in [0.15, 0.2) is 12.4 Å². The van der Waals surface area contributed by atoms with Crippen LogP contribution in [0.25, 0.3) is 0 Å². The number of fused-ring (bicyclic) bond motifs is 2. The van der Waals surface area contributed by atoms with E-state index in [0.29, 0.717) is 18.5 Å². The number of carbonyl (C=O) groups excluding carboxylic acids is 2. The van der Waals surface area contributed by atoms with Gasteiger partial charge in [0.1, 0.15) is 11.3 Å². The van der Waals surface area contributed by atoms with Crippen molar-refractivity contribution in [1.29, 1.82) is 0 Å². The minimum Gasteiger partial charge on any atom is -0.444 e. The van der Waals surface area contributed by atoms with Crippen molar-refractivity contribution in [1.82, 2.24) is 14.9 Å². The number of carbonyl (C=O) groups is 2. The van der Waals surface area contributed by atoms with Crippen molar-refractivity contribution in [2.24, 2.45) is 5.92 Å². The first-order valence-corrected chi connectivity index (χ1v) is 9.09. The van der Waals surface area contributed by atoms with Gasteiger partial charge in [0.2, 0.25) is 0 Å². The predicted octanol–water partition coefficient (Wildman–Crippen LogP) is 3.54. The first-order chi connectivity index (χ1) is 11.7. The SMILES string of the molecule is Cc1cncc(C(=O)C2CC3CCCC(C2)N3C(=O)OC(C)(C)C)n1. The van der Waals surface area contributed by atoms with E-state index in [1.165, 1.54) is 0 Å². The van der Waals surface area contributed by atoms with Crippen molar-refractivity contribution >= 4 is 11.9 Å². The second-order valence-corrected chi connectivity index (χ2v) is 8.20. The molecule has 2 aliphatic rings. The molecule has 3 rings (SSSR count). The fourth-order valence-corrected chi connectivity index (χ4v) is 4.00. The zero-order valence-electron chi connectivity index (χ0n) is 15.5. The number of aromatic nitrogens is 2. The smallest absolute Gasteiger partial charge is 0.410 e. The molecule has 1 aromatic rings. The number of aryl methyl sites for hydroxylation is 1. The molecular weight excluding hydrogens is 318 g/mol. The summed E-state index contributed by atoms with van der Waals surface area (Å²) in [5, 5.41) is 0. The minimum absolute atomic E-state index is 0.0527. The highest BCUT2D eigenvalue weighted by Crippen LogP contribution is 2.39. The van der Waals surface area contributed by atoms with E-state index in [-0.39, 0.29) is 29.9 Å². The van der Waals surface area contributed by atoms with E-state index in [2.05, 4.69) is 9.97 Å². The Balaban J connectivity index is 1.75. The molecule has 6 nitrogen and oxygen atoms in total. The second-order valence-electron chi connectivity index (χ2n) is 8.20. The topological polar surface area (TPSA) is 72.4 Å². The van der Waals surface area contributed by atoms with Gasteiger partial charge in [0.15, 0.2) is 5.78 Å². The highest BCUT2D eigenvalue weighted by molar-refractivity contribution is 5.96. The fraction of sp³-hybridized carbons (Fsp3) is 0.684. The maximum atomic E-state index is 12.9. The molecule has 0 aromatic carbocycles. The van der Waals surface area contributed by atoms with Gasteiger partial charge in [-0.25, -0.2) is 9.78 Å². The average molecular weight is 345 g/mol. The molecule has 0 saturated carbocycles. The normalized spacial score (nSPS) is 26.2. The fourth-order valence-electron chi connectivity index (χ4n) is 4.00. The molecule has 1 aromatic heterocycles. The van der Waals surface area contributed by atoms with Gasteiger partial charge in [-0.2, -0.15) is 0 Å². The zero-order valence-corrected chi connectivity index (χ0v) is 15.5. The van der Waals surface area contributed by atoms with E-state index in [9.17, 15) is 9.59 Å². The van der Waals surface area contributed by atoms with Crippen molar-refractivity contribution in [2.75, 3.05) is 0 Å². The number of ketones is 1. The molecule has 1 amide bonds. The second kappa shape index (κ2) is 6.73. The van der Waals surface area contributed by atoms with Gasteiger partial charge in [-0.15, -0.1) is 0 Å². The Hall–Kier alpha value is -1.98. The number of ether oxygens (including phenoxy) is 1. The number of Topliss-reactive ketones (excluding diaryl/α,β-unsaturated/α-hetero) is 1. The molecule has 2 bridgehead atoms. The first kappa shape index (κ1) is 17.8. The molecule has 2 fully saturated rings. The summed E-state index contributed by atoms with van der Waals surface area (Å²) < 4.78 is 5.59. The van der Waals surface area contributed by atoms with Crippen molar-refractivity contribution < 1.29 is 14.3 Å². The lowest BCUT2D eigenvalue weighted by molar-refractivity contribution is -0.0261. The van der Waals surface area contributed by atoms with Crippen LogP contribution < -0.4 is 0 Å². The van der Waals surface area contributed by atoms with Crippen molar-refractivity contribution in [2.45, 2.75) is 77.5 Å². The highest BCUT2D eigenvalue weighted by atomic mass is 16.6. The highest BCUT2D eigenvalue weighted by Gasteiger charge is 2.44. The van der Waals surface area contributed by atoms with Crippen LogP contribution in [0.4, 0.5) is 4.79 Å². The summed E-state index contributed by atoms with van der Waals surface area (Å²) >= 11 is 0. The molecule has 6 heteroatoms. The van der Waals surface area contributed by atoms with Gasteiger partial charge in [0.25, 0.3) is 0 Å². The predicted molar refractivity (Wildman–Crippen MR) is 93.3 cm³/mol. The summed E-state index contributed by atoms with van der Waals surface area (Å²) in [4.78, 5) is 35.8. The van der Waals surface area contributed by atoms with Crippen LogP contribution in [0.2, 0.25) is 0 Å². The summed E-state index contributed by atoms with van der Waals surface area (Å²) in [5.74, 6) is -0.0398. The molecule has 2 aliphatic heterocycles. The number of nitrogens with zero attached hydrogens (tertiary/aromatic N) is 3. The van der Waals surface area contributed by atoms with Crippen LogP contribution in [0.3, 0.4) is 0 Å². The summed E-state index contributed by atoms with van der Waals surface area (Å²) in [5.41, 5.74) is 0.681. The van der Waals surface area contributed by atoms with E-state index < -0.39 is 5.60 Å². The number of hydrogen-bond acceptors (Lipinski definition) is 5. The lowest BCUT2D eigenvalue weighted by atomic mass is 9.76. The third-order valence-corrected chi connectivity index (χ3v) is 4.96. The van der Waals surface area contributed by atoms with Crippen molar-refractivity contribution in [3.63, 3.8) is 0 Å². The molecule has 2 saturated heterocycles. The number of piperidine rings is 2. The van der Waals surface area contributed by atoms with Crippen molar-refractivity contribution in [3.05, 3.63) is 23.8 Å². The van der Waals surface area contributed by atoms with Gasteiger partial charge in [-0.1, -0.05) is 0 Å². The largest absolute Gasteiger partial charge is 0.444 e. The standard InChI is InChI=1S/C19H27N3O3/c1-12-10-20-11-16(21-12)17(23)13-8-14-6-5-7-15(9-13)22(14)18(24)25-19(2,3)4/h10-11,13-15H,5-9H2,1-4H3. The molecule has 2 unspecified atom stereocenters. The summed E-state index contributed by atoms with van der Waals surface area (Å²) in [6.07, 6.45) is 7.28. The van der Waals surface area contributed by atoms with Gasteiger partial charge in [-0.3, -0.25) is 9.78 Å². The van der Waals surface area contributed by atoms with Gasteiger partial charge >= 0.3 is 6.09 Å². The lowest BCUT2D eigenvalue weighted by Gasteiger charge is -2.48. The molecule has 0 N–H and O–H groups in total. The molecule has 0 aliphatic carbocycles. The molecule has 0 spiro atoms. The maximum Gasteiger partial charge on any atom is 0.410 e.